The summed E-state index contributed by atoms with van der Waals surface area (Å²) in [5.41, 5.74) is 3.13. The quantitative estimate of drug-likeness (QED) is 0.763. The van der Waals surface area contributed by atoms with Gasteiger partial charge in [0.1, 0.15) is 0 Å². The molecule has 0 atom stereocenters. The van der Waals surface area contributed by atoms with Crippen LogP contribution in [0, 0.1) is 6.92 Å². The van der Waals surface area contributed by atoms with Gasteiger partial charge in [-0.15, -0.1) is 0 Å². The van der Waals surface area contributed by atoms with Crippen molar-refractivity contribution in [1.82, 2.24) is 5.32 Å². The van der Waals surface area contributed by atoms with Gasteiger partial charge in [-0.25, -0.2) is 0 Å². The number of carbonyl (C=O) groups is 1. The number of hydrogen-bond donors (Lipinski definition) is 3. The van der Waals surface area contributed by atoms with Crippen molar-refractivity contribution in [1.29, 1.82) is 0 Å². The van der Waals surface area contributed by atoms with E-state index in [1.165, 1.54) is 0 Å². The molecule has 2 aromatic carbocycles. The summed E-state index contributed by atoms with van der Waals surface area (Å²) >= 11 is 5.11. The number of aryl methyl sites for hydroxylation is 1. The van der Waals surface area contributed by atoms with Crippen molar-refractivity contribution in [2.24, 2.45) is 0 Å². The molecule has 108 valence electrons. The second-order valence-corrected chi connectivity index (χ2v) is 5.04. The van der Waals surface area contributed by atoms with Crippen LogP contribution < -0.4 is 10.6 Å². The van der Waals surface area contributed by atoms with E-state index >= 15 is 0 Å². The number of aliphatic hydroxyl groups is 1. The molecule has 4 nitrogen and oxygen atoms in total. The third kappa shape index (κ3) is 4.37. The predicted molar refractivity (Wildman–Crippen MR) is 87.2 cm³/mol. The first-order valence-electron chi connectivity index (χ1n) is 6.47. The summed E-state index contributed by atoms with van der Waals surface area (Å²) in [5.74, 6) is -0.259. The van der Waals surface area contributed by atoms with Gasteiger partial charge in [0.25, 0.3) is 5.91 Å². The van der Waals surface area contributed by atoms with Gasteiger partial charge in [-0.3, -0.25) is 10.1 Å². The highest BCUT2D eigenvalue weighted by Crippen LogP contribution is 2.10. The van der Waals surface area contributed by atoms with Gasteiger partial charge in [0.05, 0.1) is 6.61 Å². The number of carbonyl (C=O) groups excluding carboxylic acids is 1. The topological polar surface area (TPSA) is 61.4 Å². The van der Waals surface area contributed by atoms with Gasteiger partial charge >= 0.3 is 0 Å². The average Bonchev–Trinajstić information content (AvgIpc) is 2.47. The Morgan fingerprint density at radius 3 is 2.57 bits per heavy atom. The summed E-state index contributed by atoms with van der Waals surface area (Å²) in [5, 5.41) is 14.8. The van der Waals surface area contributed by atoms with Crippen LogP contribution in [0.1, 0.15) is 21.5 Å². The third-order valence-corrected chi connectivity index (χ3v) is 3.11. The number of anilines is 1. The van der Waals surface area contributed by atoms with Gasteiger partial charge in [-0.05, 0) is 49.0 Å². The van der Waals surface area contributed by atoms with E-state index in [0.717, 1.165) is 16.8 Å². The standard InChI is InChI=1S/C16H16N2O2S/c1-11-5-7-13(8-6-11)15(20)18-16(21)17-14-4-2-3-12(9-14)10-19/h2-9,19H,10H2,1H3,(H2,17,18,20,21). The summed E-state index contributed by atoms with van der Waals surface area (Å²) in [6.07, 6.45) is 0. The average molecular weight is 300 g/mol. The van der Waals surface area contributed by atoms with E-state index in [2.05, 4.69) is 10.6 Å². The first kappa shape index (κ1) is 15.2. The van der Waals surface area contributed by atoms with Crippen molar-refractivity contribution < 1.29 is 9.90 Å². The maximum absolute atomic E-state index is 12.0. The number of nitrogens with one attached hydrogen (secondary N) is 2. The Bertz CT molecular complexity index is 654. The lowest BCUT2D eigenvalue weighted by molar-refractivity contribution is 0.0977. The molecule has 1 amide bonds. The molecule has 3 N–H and O–H groups in total. The van der Waals surface area contributed by atoms with Gasteiger partial charge in [0, 0.05) is 11.3 Å². The lowest BCUT2D eigenvalue weighted by Crippen LogP contribution is -2.34. The first-order chi connectivity index (χ1) is 10.1. The first-order valence-corrected chi connectivity index (χ1v) is 6.88. The Labute approximate surface area is 128 Å². The Balaban J connectivity index is 1.97. The van der Waals surface area contributed by atoms with E-state index in [1.54, 1.807) is 30.3 Å². The lowest BCUT2D eigenvalue weighted by atomic mass is 10.1. The van der Waals surface area contributed by atoms with E-state index in [-0.39, 0.29) is 17.6 Å². The minimum Gasteiger partial charge on any atom is -0.392 e. The smallest absolute Gasteiger partial charge is 0.257 e. The predicted octanol–water partition coefficient (Wildman–Crippen LogP) is 2.61. The van der Waals surface area contributed by atoms with E-state index in [9.17, 15) is 4.79 Å². The van der Waals surface area contributed by atoms with Crippen LogP contribution in [-0.4, -0.2) is 16.1 Å². The molecule has 5 heteroatoms. The number of benzene rings is 2. The van der Waals surface area contributed by atoms with Gasteiger partial charge in [0.2, 0.25) is 0 Å². The third-order valence-electron chi connectivity index (χ3n) is 2.91. The van der Waals surface area contributed by atoms with Crippen molar-refractivity contribution in [3.63, 3.8) is 0 Å². The number of rotatable bonds is 3. The molecule has 0 radical (unpaired) electrons. The molecule has 0 aliphatic rings. The highest BCUT2D eigenvalue weighted by Gasteiger charge is 2.07. The molecular formula is C16H16N2O2S. The van der Waals surface area contributed by atoms with Crippen LogP contribution in [0.3, 0.4) is 0 Å². The van der Waals surface area contributed by atoms with Crippen molar-refractivity contribution in [3.05, 3.63) is 65.2 Å². The molecule has 0 aromatic heterocycles. The normalized spacial score (nSPS) is 10.0. The molecule has 2 aromatic rings. The molecule has 21 heavy (non-hydrogen) atoms. The van der Waals surface area contributed by atoms with Gasteiger partial charge in [-0.1, -0.05) is 29.8 Å². The van der Waals surface area contributed by atoms with E-state index in [4.69, 9.17) is 17.3 Å². The van der Waals surface area contributed by atoms with E-state index < -0.39 is 0 Å². The molecule has 2 rings (SSSR count). The minimum atomic E-state index is -0.259. The summed E-state index contributed by atoms with van der Waals surface area (Å²) in [4.78, 5) is 12.0. The molecule has 0 fully saturated rings. The molecule has 0 aliphatic carbocycles. The van der Waals surface area contributed by atoms with Gasteiger partial charge in [-0.2, -0.15) is 0 Å². The molecule has 0 spiro atoms. The lowest BCUT2D eigenvalue weighted by Gasteiger charge is -2.10. The zero-order valence-electron chi connectivity index (χ0n) is 11.6. The molecule has 0 bridgehead atoms. The summed E-state index contributed by atoms with van der Waals surface area (Å²) in [6, 6.07) is 14.4. The van der Waals surface area contributed by atoms with Crippen LogP contribution in [0.4, 0.5) is 5.69 Å². The summed E-state index contributed by atoms with van der Waals surface area (Å²) in [6.45, 7) is 1.92. The maximum atomic E-state index is 12.0. The van der Waals surface area contributed by atoms with Gasteiger partial charge < -0.3 is 10.4 Å². The molecule has 0 saturated heterocycles. The van der Waals surface area contributed by atoms with E-state index in [0.29, 0.717) is 5.56 Å². The largest absolute Gasteiger partial charge is 0.392 e. The van der Waals surface area contributed by atoms with Gasteiger partial charge in [0.15, 0.2) is 5.11 Å². The fourth-order valence-corrected chi connectivity index (χ4v) is 2.00. The number of thiocarbonyl (C=S) groups is 1. The molecule has 0 unspecified atom stereocenters. The second kappa shape index (κ2) is 6.97. The molecule has 0 heterocycles. The minimum absolute atomic E-state index is 0.0436. The summed E-state index contributed by atoms with van der Waals surface area (Å²) < 4.78 is 0. The van der Waals surface area contributed by atoms with Crippen LogP contribution in [-0.2, 0) is 6.61 Å². The van der Waals surface area contributed by atoms with Crippen LogP contribution >= 0.6 is 12.2 Å². The van der Waals surface area contributed by atoms with Crippen LogP contribution in [0.25, 0.3) is 0 Å². The van der Waals surface area contributed by atoms with Crippen molar-refractivity contribution in [2.75, 3.05) is 5.32 Å². The number of aliphatic hydroxyl groups excluding tert-OH is 1. The Morgan fingerprint density at radius 2 is 1.90 bits per heavy atom. The molecule has 0 saturated carbocycles. The molecular weight excluding hydrogens is 284 g/mol. The van der Waals surface area contributed by atoms with Crippen molar-refractivity contribution >= 4 is 28.9 Å². The van der Waals surface area contributed by atoms with Crippen LogP contribution in [0.2, 0.25) is 0 Å². The van der Waals surface area contributed by atoms with Crippen LogP contribution in [0.15, 0.2) is 48.5 Å². The zero-order chi connectivity index (χ0) is 15.2. The highest BCUT2D eigenvalue weighted by atomic mass is 32.1. The Morgan fingerprint density at radius 1 is 1.19 bits per heavy atom. The van der Waals surface area contributed by atoms with Crippen LogP contribution in [0.5, 0.6) is 0 Å². The maximum Gasteiger partial charge on any atom is 0.257 e. The van der Waals surface area contributed by atoms with E-state index in [1.807, 2.05) is 25.1 Å². The Kier molecular flexibility index (Phi) is 5.03. The van der Waals surface area contributed by atoms with Crippen molar-refractivity contribution in [3.8, 4) is 0 Å². The number of amides is 1. The zero-order valence-corrected chi connectivity index (χ0v) is 12.4. The highest BCUT2D eigenvalue weighted by molar-refractivity contribution is 7.80. The fraction of sp³-hybridized carbons (Fsp3) is 0.125. The van der Waals surface area contributed by atoms with Crippen molar-refractivity contribution in [2.45, 2.75) is 13.5 Å². The monoisotopic (exact) mass is 300 g/mol. The summed E-state index contributed by atoms with van der Waals surface area (Å²) in [7, 11) is 0. The SMILES string of the molecule is Cc1ccc(C(=O)NC(=S)Nc2cccc(CO)c2)cc1. The Hall–Kier alpha value is -2.24. The number of hydrogen-bond acceptors (Lipinski definition) is 3. The fourth-order valence-electron chi connectivity index (χ4n) is 1.79. The molecule has 0 aliphatic heterocycles. The second-order valence-electron chi connectivity index (χ2n) is 4.63.